The third-order valence-corrected chi connectivity index (χ3v) is 3.02. The summed E-state index contributed by atoms with van der Waals surface area (Å²) in [6.45, 7) is 3.30. The largest absolute Gasteiger partial charge is 0.476 e. The lowest BCUT2D eigenvalue weighted by Gasteiger charge is -2.34. The van der Waals surface area contributed by atoms with Crippen molar-refractivity contribution >= 4 is 11.8 Å². The van der Waals surface area contributed by atoms with Gasteiger partial charge in [0.2, 0.25) is 0 Å². The van der Waals surface area contributed by atoms with Gasteiger partial charge in [0, 0.05) is 13.1 Å². The van der Waals surface area contributed by atoms with Gasteiger partial charge >= 0.3 is 5.97 Å². The first-order valence-electron chi connectivity index (χ1n) is 5.56. The molecule has 0 amide bonds. The lowest BCUT2D eigenvalue weighted by Crippen LogP contribution is -2.42. The van der Waals surface area contributed by atoms with Gasteiger partial charge in [-0.3, -0.25) is 4.98 Å². The molecular weight excluding hydrogens is 222 g/mol. The van der Waals surface area contributed by atoms with Crippen LogP contribution >= 0.6 is 0 Å². The molecule has 1 aliphatic heterocycles. The Labute approximate surface area is 98.9 Å². The number of carboxylic acids is 1. The van der Waals surface area contributed by atoms with Crippen LogP contribution in [0, 0.1) is 5.92 Å². The number of hydrogen-bond acceptors (Lipinski definition) is 5. The number of aliphatic hydroxyl groups is 1. The normalized spacial score (nSPS) is 24.7. The smallest absolute Gasteiger partial charge is 0.356 e. The van der Waals surface area contributed by atoms with Gasteiger partial charge in [-0.25, -0.2) is 9.78 Å². The van der Waals surface area contributed by atoms with Crippen molar-refractivity contribution in [3.8, 4) is 0 Å². The average molecular weight is 237 g/mol. The van der Waals surface area contributed by atoms with Gasteiger partial charge in [0.05, 0.1) is 18.5 Å². The first-order valence-corrected chi connectivity index (χ1v) is 5.56. The molecule has 0 aromatic carbocycles. The molecular formula is C11H15N3O3. The predicted molar refractivity (Wildman–Crippen MR) is 61.0 cm³/mol. The Balaban J connectivity index is 2.17. The predicted octanol–water partition coefficient (Wildman–Crippen LogP) is 0.382. The van der Waals surface area contributed by atoms with Gasteiger partial charge < -0.3 is 15.1 Å². The molecule has 1 fully saturated rings. The highest BCUT2D eigenvalue weighted by atomic mass is 16.4. The van der Waals surface area contributed by atoms with E-state index in [1.807, 2.05) is 11.8 Å². The van der Waals surface area contributed by atoms with Crippen molar-refractivity contribution in [2.75, 3.05) is 18.0 Å². The summed E-state index contributed by atoms with van der Waals surface area (Å²) in [7, 11) is 0. The lowest BCUT2D eigenvalue weighted by atomic mass is 9.97. The first-order chi connectivity index (χ1) is 8.08. The van der Waals surface area contributed by atoms with Crippen LogP contribution in [0.3, 0.4) is 0 Å². The summed E-state index contributed by atoms with van der Waals surface area (Å²) in [5.74, 6) is -0.368. The third kappa shape index (κ3) is 2.52. The van der Waals surface area contributed by atoms with E-state index >= 15 is 0 Å². The fourth-order valence-corrected chi connectivity index (χ4v) is 1.95. The highest BCUT2D eigenvalue weighted by Gasteiger charge is 2.25. The molecule has 1 aromatic heterocycles. The number of hydrogen-bond donors (Lipinski definition) is 2. The summed E-state index contributed by atoms with van der Waals surface area (Å²) in [5.41, 5.74) is -0.0544. The molecule has 2 atom stereocenters. The van der Waals surface area contributed by atoms with Crippen molar-refractivity contribution in [2.45, 2.75) is 19.4 Å². The van der Waals surface area contributed by atoms with E-state index < -0.39 is 5.97 Å². The Morgan fingerprint density at radius 1 is 1.53 bits per heavy atom. The molecule has 6 nitrogen and oxygen atoms in total. The maximum Gasteiger partial charge on any atom is 0.356 e. The molecule has 0 bridgehead atoms. The second-order valence-corrected chi connectivity index (χ2v) is 4.35. The van der Waals surface area contributed by atoms with Crippen LogP contribution in [0.1, 0.15) is 23.8 Å². The van der Waals surface area contributed by atoms with E-state index in [-0.39, 0.29) is 17.7 Å². The Hall–Kier alpha value is -1.69. The standard InChI is InChI=1S/C11H15N3O3/c1-7-6-14(3-2-9(7)15)10-5-12-4-8(13-10)11(16)17/h4-5,7,9,15H,2-3,6H2,1H3,(H,16,17). The van der Waals surface area contributed by atoms with Crippen molar-refractivity contribution in [2.24, 2.45) is 5.92 Å². The molecule has 1 aliphatic rings. The zero-order chi connectivity index (χ0) is 12.4. The first kappa shape index (κ1) is 11.8. The number of rotatable bonds is 2. The van der Waals surface area contributed by atoms with Crippen molar-refractivity contribution in [1.82, 2.24) is 9.97 Å². The molecule has 0 radical (unpaired) electrons. The Bertz CT molecular complexity index is 424. The van der Waals surface area contributed by atoms with Crippen LogP contribution in [0.5, 0.6) is 0 Å². The summed E-state index contributed by atoms with van der Waals surface area (Å²) in [4.78, 5) is 20.7. The van der Waals surface area contributed by atoms with E-state index in [4.69, 9.17) is 5.11 Å². The maximum absolute atomic E-state index is 10.8. The molecule has 6 heteroatoms. The molecule has 0 aliphatic carbocycles. The monoisotopic (exact) mass is 237 g/mol. The zero-order valence-corrected chi connectivity index (χ0v) is 9.58. The van der Waals surface area contributed by atoms with E-state index in [2.05, 4.69) is 9.97 Å². The fraction of sp³-hybridized carbons (Fsp3) is 0.545. The Morgan fingerprint density at radius 3 is 2.94 bits per heavy atom. The number of carbonyl (C=O) groups is 1. The summed E-state index contributed by atoms with van der Waals surface area (Å²) >= 11 is 0. The number of nitrogens with zero attached hydrogens (tertiary/aromatic N) is 3. The Morgan fingerprint density at radius 2 is 2.29 bits per heavy atom. The van der Waals surface area contributed by atoms with Crippen LogP contribution in [0.4, 0.5) is 5.82 Å². The number of aromatic nitrogens is 2. The lowest BCUT2D eigenvalue weighted by molar-refractivity contribution is 0.0689. The number of carboxylic acid groups (broad SMARTS) is 1. The van der Waals surface area contributed by atoms with E-state index in [1.165, 1.54) is 6.20 Å². The van der Waals surface area contributed by atoms with Gasteiger partial charge in [-0.2, -0.15) is 0 Å². The summed E-state index contributed by atoms with van der Waals surface area (Å²) < 4.78 is 0. The second-order valence-electron chi connectivity index (χ2n) is 4.35. The van der Waals surface area contributed by atoms with Gasteiger partial charge in [0.15, 0.2) is 5.69 Å². The zero-order valence-electron chi connectivity index (χ0n) is 9.58. The summed E-state index contributed by atoms with van der Waals surface area (Å²) in [5, 5.41) is 18.5. The molecule has 1 saturated heterocycles. The van der Waals surface area contributed by atoms with Gasteiger partial charge in [0.25, 0.3) is 0 Å². The Kier molecular flexibility index (Phi) is 3.23. The molecule has 2 heterocycles. The molecule has 2 unspecified atom stereocenters. The molecule has 92 valence electrons. The fourth-order valence-electron chi connectivity index (χ4n) is 1.95. The second kappa shape index (κ2) is 4.67. The summed E-state index contributed by atoms with van der Waals surface area (Å²) in [6.07, 6.45) is 3.16. The number of aromatic carboxylic acids is 1. The van der Waals surface area contributed by atoms with Crippen molar-refractivity contribution < 1.29 is 15.0 Å². The van der Waals surface area contributed by atoms with Gasteiger partial charge in [-0.1, -0.05) is 6.92 Å². The van der Waals surface area contributed by atoms with Gasteiger partial charge in [-0.15, -0.1) is 0 Å². The highest BCUT2D eigenvalue weighted by Crippen LogP contribution is 2.21. The molecule has 0 saturated carbocycles. The summed E-state index contributed by atoms with van der Waals surface area (Å²) in [6, 6.07) is 0. The molecule has 0 spiro atoms. The average Bonchev–Trinajstić information content (AvgIpc) is 2.33. The minimum Gasteiger partial charge on any atom is -0.476 e. The highest BCUT2D eigenvalue weighted by molar-refractivity contribution is 5.85. The third-order valence-electron chi connectivity index (χ3n) is 3.02. The van der Waals surface area contributed by atoms with Crippen LogP contribution in [0.15, 0.2) is 12.4 Å². The van der Waals surface area contributed by atoms with E-state index in [1.54, 1.807) is 6.20 Å². The molecule has 2 N–H and O–H groups in total. The minimum absolute atomic E-state index is 0.0544. The van der Waals surface area contributed by atoms with Gasteiger partial charge in [-0.05, 0) is 12.3 Å². The molecule has 17 heavy (non-hydrogen) atoms. The van der Waals surface area contributed by atoms with E-state index in [0.29, 0.717) is 25.3 Å². The van der Waals surface area contributed by atoms with Crippen LogP contribution < -0.4 is 4.90 Å². The SMILES string of the molecule is CC1CN(c2cncc(C(=O)O)n2)CCC1O. The van der Waals surface area contributed by atoms with Crippen LogP contribution in [-0.2, 0) is 0 Å². The topological polar surface area (TPSA) is 86.6 Å². The molecule has 1 aromatic rings. The number of piperidine rings is 1. The quantitative estimate of drug-likeness (QED) is 0.773. The maximum atomic E-state index is 10.8. The van der Waals surface area contributed by atoms with Crippen LogP contribution in [0.25, 0.3) is 0 Å². The van der Waals surface area contributed by atoms with Crippen LogP contribution in [0.2, 0.25) is 0 Å². The number of aliphatic hydroxyl groups excluding tert-OH is 1. The minimum atomic E-state index is -1.08. The van der Waals surface area contributed by atoms with Crippen molar-refractivity contribution in [3.05, 3.63) is 18.1 Å². The van der Waals surface area contributed by atoms with Gasteiger partial charge in [0.1, 0.15) is 5.82 Å². The van der Waals surface area contributed by atoms with Crippen molar-refractivity contribution in [1.29, 1.82) is 0 Å². The van der Waals surface area contributed by atoms with E-state index in [0.717, 1.165) is 0 Å². The molecule has 2 rings (SSSR count). The number of anilines is 1. The van der Waals surface area contributed by atoms with Crippen LogP contribution in [-0.4, -0.2) is 45.3 Å². The van der Waals surface area contributed by atoms with E-state index in [9.17, 15) is 9.90 Å². The van der Waals surface area contributed by atoms with Crippen molar-refractivity contribution in [3.63, 3.8) is 0 Å².